The molecule has 1 amide bonds. The molecule has 6 heteroatoms. The summed E-state index contributed by atoms with van der Waals surface area (Å²) in [7, 11) is 0. The fourth-order valence-corrected chi connectivity index (χ4v) is 2.39. The first kappa shape index (κ1) is 9.84. The van der Waals surface area contributed by atoms with Crippen LogP contribution in [0.25, 0.3) is 0 Å². The minimum Gasteiger partial charge on any atom is -0.354 e. The molecular weight excluding hydrogens is 228 g/mol. The van der Waals surface area contributed by atoms with Crippen LogP contribution in [0, 0.1) is 6.92 Å². The minimum atomic E-state index is -0.461. The second kappa shape index (κ2) is 3.07. The van der Waals surface area contributed by atoms with Crippen LogP contribution in [0.1, 0.15) is 25.0 Å². The van der Waals surface area contributed by atoms with Gasteiger partial charge in [-0.3, -0.25) is 4.79 Å². The summed E-state index contributed by atoms with van der Waals surface area (Å²) in [5, 5.41) is 6.26. The molecule has 1 aromatic heterocycles. The molecule has 0 unspecified atom stereocenters. The Morgan fingerprint density at radius 3 is 2.75 bits per heavy atom. The van der Waals surface area contributed by atoms with Gasteiger partial charge in [-0.25, -0.2) is 4.98 Å². The number of carbonyl (C=O) groups excluding carboxylic acids is 1. The summed E-state index contributed by atoms with van der Waals surface area (Å²) in [6.07, 6.45) is 2.76. The molecule has 5 nitrogen and oxygen atoms in total. The molecule has 2 heterocycles. The number of halogens is 1. The number of nitrogens with zero attached hydrogens (tertiary/aromatic N) is 2. The number of aromatic nitrogens is 2. The zero-order chi connectivity index (χ0) is 11.3. The van der Waals surface area contributed by atoms with Crippen LogP contribution in [-0.4, -0.2) is 21.4 Å². The molecule has 2 aliphatic rings. The van der Waals surface area contributed by atoms with Crippen molar-refractivity contribution in [3.8, 4) is 0 Å². The van der Waals surface area contributed by atoms with Crippen LogP contribution < -0.4 is 10.6 Å². The average molecular weight is 239 g/mol. The topological polar surface area (TPSA) is 66.9 Å². The van der Waals surface area contributed by atoms with E-state index in [0.29, 0.717) is 17.2 Å². The average Bonchev–Trinajstić information content (AvgIpc) is 2.16. The minimum absolute atomic E-state index is 0.0141. The van der Waals surface area contributed by atoms with Crippen molar-refractivity contribution < 1.29 is 4.79 Å². The van der Waals surface area contributed by atoms with Crippen molar-refractivity contribution in [1.29, 1.82) is 0 Å². The molecular formula is C10H11ClN4O. The number of rotatable bonds is 0. The van der Waals surface area contributed by atoms with Crippen molar-refractivity contribution in [2.24, 2.45) is 0 Å². The summed E-state index contributed by atoms with van der Waals surface area (Å²) in [6.45, 7) is 1.80. The molecule has 0 saturated heterocycles. The van der Waals surface area contributed by atoms with Crippen LogP contribution in [0.5, 0.6) is 0 Å². The van der Waals surface area contributed by atoms with Gasteiger partial charge in [0.15, 0.2) is 5.82 Å². The lowest BCUT2D eigenvalue weighted by Gasteiger charge is -2.44. The van der Waals surface area contributed by atoms with Crippen LogP contribution in [0.4, 0.5) is 11.5 Å². The summed E-state index contributed by atoms with van der Waals surface area (Å²) in [4.78, 5) is 20.1. The quantitative estimate of drug-likeness (QED) is 0.676. The Balaban J connectivity index is 2.08. The molecule has 16 heavy (non-hydrogen) atoms. The molecule has 3 rings (SSSR count). The lowest BCUT2D eigenvalue weighted by Crippen LogP contribution is -2.57. The summed E-state index contributed by atoms with van der Waals surface area (Å²) < 4.78 is 0. The second-order valence-electron chi connectivity index (χ2n) is 4.32. The van der Waals surface area contributed by atoms with Crippen molar-refractivity contribution >= 4 is 29.0 Å². The lowest BCUT2D eigenvalue weighted by atomic mass is 9.75. The molecule has 0 radical (unpaired) electrons. The van der Waals surface area contributed by atoms with Crippen LogP contribution in [-0.2, 0) is 4.79 Å². The van der Waals surface area contributed by atoms with Crippen LogP contribution in [0.2, 0.25) is 5.28 Å². The first-order valence-corrected chi connectivity index (χ1v) is 5.62. The molecule has 1 fully saturated rings. The van der Waals surface area contributed by atoms with E-state index in [1.807, 2.05) is 0 Å². The van der Waals surface area contributed by atoms with Gasteiger partial charge in [0.25, 0.3) is 0 Å². The van der Waals surface area contributed by atoms with E-state index in [4.69, 9.17) is 11.6 Å². The van der Waals surface area contributed by atoms with Gasteiger partial charge in [0.2, 0.25) is 11.2 Å². The highest BCUT2D eigenvalue weighted by Gasteiger charge is 2.47. The number of nitrogens with one attached hydrogen (secondary N) is 2. The first-order valence-electron chi connectivity index (χ1n) is 5.24. The molecule has 84 valence electrons. The van der Waals surface area contributed by atoms with Gasteiger partial charge in [-0.2, -0.15) is 4.98 Å². The second-order valence-corrected chi connectivity index (χ2v) is 4.65. The third-order valence-corrected chi connectivity index (χ3v) is 3.47. The van der Waals surface area contributed by atoms with Crippen molar-refractivity contribution in [2.45, 2.75) is 31.7 Å². The van der Waals surface area contributed by atoms with Gasteiger partial charge in [-0.1, -0.05) is 0 Å². The van der Waals surface area contributed by atoms with Crippen LogP contribution >= 0.6 is 11.6 Å². The maximum absolute atomic E-state index is 11.9. The number of amides is 1. The smallest absolute Gasteiger partial charge is 0.250 e. The van der Waals surface area contributed by atoms with E-state index < -0.39 is 5.54 Å². The fraction of sp³-hybridized carbons (Fsp3) is 0.500. The van der Waals surface area contributed by atoms with Crippen LogP contribution in [0.15, 0.2) is 0 Å². The summed E-state index contributed by atoms with van der Waals surface area (Å²) in [5.41, 5.74) is 0.869. The standard InChI is InChI=1S/C10H11ClN4O/c1-5-6-7(14-9(11)12-5)15-10(3-2-4-10)8(16)13-6/h2-4H2,1H3,(H,13,16)(H,12,14,15). The predicted molar refractivity (Wildman–Crippen MR) is 60.6 cm³/mol. The maximum atomic E-state index is 11.9. The van der Waals surface area contributed by atoms with Gasteiger partial charge in [-0.15, -0.1) is 0 Å². The Labute approximate surface area is 97.6 Å². The maximum Gasteiger partial charge on any atom is 0.250 e. The van der Waals surface area contributed by atoms with Gasteiger partial charge in [0, 0.05) is 0 Å². The summed E-state index contributed by atoms with van der Waals surface area (Å²) in [5.74, 6) is 0.650. The lowest BCUT2D eigenvalue weighted by molar-refractivity contribution is -0.123. The Bertz CT molecular complexity index is 484. The molecule has 0 atom stereocenters. The number of aryl methyl sites for hydroxylation is 1. The Morgan fingerprint density at radius 1 is 1.38 bits per heavy atom. The highest BCUT2D eigenvalue weighted by Crippen LogP contribution is 2.41. The van der Waals surface area contributed by atoms with E-state index in [1.165, 1.54) is 0 Å². The van der Waals surface area contributed by atoms with Crippen molar-refractivity contribution in [1.82, 2.24) is 9.97 Å². The molecule has 0 bridgehead atoms. The summed E-state index contributed by atoms with van der Waals surface area (Å²) >= 11 is 5.80. The highest BCUT2D eigenvalue weighted by molar-refractivity contribution is 6.28. The first-order chi connectivity index (χ1) is 7.61. The van der Waals surface area contributed by atoms with Crippen molar-refractivity contribution in [3.05, 3.63) is 11.0 Å². The molecule has 1 aromatic rings. The zero-order valence-corrected chi connectivity index (χ0v) is 9.56. The number of anilines is 2. The van der Waals surface area contributed by atoms with E-state index in [2.05, 4.69) is 20.6 Å². The Hall–Kier alpha value is -1.36. The van der Waals surface area contributed by atoms with Gasteiger partial charge < -0.3 is 10.6 Å². The third-order valence-electron chi connectivity index (χ3n) is 3.30. The predicted octanol–water partition coefficient (Wildman–Crippen LogP) is 1.73. The van der Waals surface area contributed by atoms with Crippen LogP contribution in [0.3, 0.4) is 0 Å². The number of hydrogen-bond acceptors (Lipinski definition) is 4. The molecule has 1 aliphatic carbocycles. The monoisotopic (exact) mass is 238 g/mol. The van der Waals surface area contributed by atoms with Gasteiger partial charge in [0.1, 0.15) is 11.2 Å². The van der Waals surface area contributed by atoms with Gasteiger partial charge >= 0.3 is 0 Å². The largest absolute Gasteiger partial charge is 0.354 e. The normalized spacial score (nSPS) is 20.8. The molecule has 1 aliphatic heterocycles. The molecule has 2 N–H and O–H groups in total. The Morgan fingerprint density at radius 2 is 2.12 bits per heavy atom. The van der Waals surface area contributed by atoms with Crippen molar-refractivity contribution in [3.63, 3.8) is 0 Å². The Kier molecular flexibility index (Phi) is 1.89. The molecule has 1 spiro atoms. The molecule has 1 saturated carbocycles. The third kappa shape index (κ3) is 1.21. The van der Waals surface area contributed by atoms with E-state index in [9.17, 15) is 4.79 Å². The van der Waals surface area contributed by atoms with Gasteiger partial charge in [-0.05, 0) is 37.8 Å². The van der Waals surface area contributed by atoms with Crippen molar-refractivity contribution in [2.75, 3.05) is 10.6 Å². The summed E-state index contributed by atoms with van der Waals surface area (Å²) in [6, 6.07) is 0. The van der Waals surface area contributed by atoms with E-state index in [-0.39, 0.29) is 11.2 Å². The van der Waals surface area contributed by atoms with E-state index in [1.54, 1.807) is 6.92 Å². The SMILES string of the molecule is Cc1nc(Cl)nc2c1NC(=O)C1(CCC1)N2. The number of hydrogen-bond donors (Lipinski definition) is 2. The fourth-order valence-electron chi connectivity index (χ4n) is 2.18. The van der Waals surface area contributed by atoms with Gasteiger partial charge in [0.05, 0.1) is 5.69 Å². The number of carbonyl (C=O) groups is 1. The van der Waals surface area contributed by atoms with E-state index >= 15 is 0 Å². The molecule has 0 aromatic carbocycles. The zero-order valence-electron chi connectivity index (χ0n) is 8.80. The number of fused-ring (bicyclic) bond motifs is 1. The van der Waals surface area contributed by atoms with E-state index in [0.717, 1.165) is 19.3 Å². The highest BCUT2D eigenvalue weighted by atomic mass is 35.5.